The van der Waals surface area contributed by atoms with Crippen LogP contribution in [0.2, 0.25) is 0 Å². The van der Waals surface area contributed by atoms with Gasteiger partial charge in [-0.15, -0.1) is 0 Å². The standard InChI is InChI=1S/C20H21N5O3/c1-24(2)20-22-15(10-17(26)23-20)13-7-8-25(11-13)19(28)16-9-12-5-3-4-6-14(12)18(27)21-16/h3-6,9-10,13H,7-8,11H2,1-2H3,(H,21,27)(H,22,23,26)/t13-/m0/s1. The summed E-state index contributed by atoms with van der Waals surface area (Å²) in [5, 5.41) is 1.29. The van der Waals surface area contributed by atoms with Crippen molar-refractivity contribution in [3.05, 3.63) is 68.5 Å². The Hall–Kier alpha value is -3.42. The van der Waals surface area contributed by atoms with Crippen molar-refractivity contribution in [1.82, 2.24) is 19.9 Å². The maximum Gasteiger partial charge on any atom is 0.270 e. The Morgan fingerprint density at radius 1 is 1.18 bits per heavy atom. The van der Waals surface area contributed by atoms with Gasteiger partial charge in [0.2, 0.25) is 5.95 Å². The zero-order chi connectivity index (χ0) is 19.8. The Balaban J connectivity index is 1.59. The highest BCUT2D eigenvalue weighted by molar-refractivity contribution is 5.96. The molecule has 1 aliphatic rings. The van der Waals surface area contributed by atoms with E-state index < -0.39 is 0 Å². The molecule has 0 bridgehead atoms. The number of pyridine rings is 1. The van der Waals surface area contributed by atoms with E-state index in [-0.39, 0.29) is 28.6 Å². The van der Waals surface area contributed by atoms with Crippen LogP contribution in [0.25, 0.3) is 10.8 Å². The van der Waals surface area contributed by atoms with Crippen molar-refractivity contribution in [3.63, 3.8) is 0 Å². The van der Waals surface area contributed by atoms with E-state index >= 15 is 0 Å². The zero-order valence-corrected chi connectivity index (χ0v) is 15.7. The van der Waals surface area contributed by atoms with Gasteiger partial charge in [0.05, 0.1) is 5.69 Å². The molecule has 3 heterocycles. The predicted molar refractivity (Wildman–Crippen MR) is 107 cm³/mol. The molecule has 0 saturated carbocycles. The minimum Gasteiger partial charge on any atom is -0.348 e. The second kappa shape index (κ2) is 6.95. The zero-order valence-electron chi connectivity index (χ0n) is 15.7. The Bertz CT molecular complexity index is 1160. The summed E-state index contributed by atoms with van der Waals surface area (Å²) in [6.07, 6.45) is 0.715. The molecule has 0 spiro atoms. The second-order valence-corrected chi connectivity index (χ2v) is 7.22. The molecule has 1 aliphatic heterocycles. The van der Waals surface area contributed by atoms with E-state index in [0.29, 0.717) is 36.5 Å². The summed E-state index contributed by atoms with van der Waals surface area (Å²) in [5.74, 6) is 0.256. The first-order valence-corrected chi connectivity index (χ1v) is 9.12. The number of aromatic nitrogens is 3. The Morgan fingerprint density at radius 2 is 1.96 bits per heavy atom. The molecule has 8 nitrogen and oxygen atoms in total. The third-order valence-electron chi connectivity index (χ3n) is 5.05. The largest absolute Gasteiger partial charge is 0.348 e. The second-order valence-electron chi connectivity index (χ2n) is 7.22. The van der Waals surface area contributed by atoms with Gasteiger partial charge in [0.1, 0.15) is 5.69 Å². The van der Waals surface area contributed by atoms with Gasteiger partial charge in [-0.25, -0.2) is 4.98 Å². The lowest BCUT2D eigenvalue weighted by Crippen LogP contribution is -2.31. The van der Waals surface area contributed by atoms with Gasteiger partial charge in [0, 0.05) is 44.6 Å². The Labute approximate surface area is 160 Å². The van der Waals surface area contributed by atoms with Crippen molar-refractivity contribution < 1.29 is 4.79 Å². The number of amides is 1. The summed E-state index contributed by atoms with van der Waals surface area (Å²) in [4.78, 5) is 50.4. The van der Waals surface area contributed by atoms with Crippen molar-refractivity contribution in [2.75, 3.05) is 32.1 Å². The molecule has 2 aromatic heterocycles. The smallest absolute Gasteiger partial charge is 0.270 e. The van der Waals surface area contributed by atoms with Crippen LogP contribution in [0, 0.1) is 0 Å². The van der Waals surface area contributed by atoms with Crippen molar-refractivity contribution >= 4 is 22.6 Å². The number of rotatable bonds is 3. The number of H-pyrrole nitrogens is 2. The number of hydrogen-bond acceptors (Lipinski definition) is 5. The highest BCUT2D eigenvalue weighted by Crippen LogP contribution is 2.27. The maximum atomic E-state index is 12.9. The SMILES string of the molecule is CN(C)c1nc([C@H]2CCN(C(=O)c3cc4ccccc4c(=O)[nH]3)C2)cc(=O)[nH]1. The normalized spacial score (nSPS) is 16.5. The van der Waals surface area contributed by atoms with Crippen LogP contribution in [-0.4, -0.2) is 52.9 Å². The van der Waals surface area contributed by atoms with E-state index in [1.165, 1.54) is 6.07 Å². The van der Waals surface area contributed by atoms with Gasteiger partial charge in [0.25, 0.3) is 17.0 Å². The van der Waals surface area contributed by atoms with Crippen molar-refractivity contribution in [3.8, 4) is 0 Å². The summed E-state index contributed by atoms with van der Waals surface area (Å²) in [5.41, 5.74) is 0.466. The number of fused-ring (bicyclic) bond motifs is 1. The molecule has 1 fully saturated rings. The van der Waals surface area contributed by atoms with Crippen molar-refractivity contribution in [1.29, 1.82) is 0 Å². The molecule has 1 amide bonds. The average Bonchev–Trinajstić information content (AvgIpc) is 3.17. The van der Waals surface area contributed by atoms with E-state index in [1.54, 1.807) is 28.0 Å². The van der Waals surface area contributed by atoms with Crippen LogP contribution in [0.15, 0.2) is 46.0 Å². The molecule has 8 heteroatoms. The maximum absolute atomic E-state index is 12.9. The molecule has 28 heavy (non-hydrogen) atoms. The number of likely N-dealkylation sites (tertiary alicyclic amines) is 1. The molecular formula is C20H21N5O3. The summed E-state index contributed by atoms with van der Waals surface area (Å²) < 4.78 is 0. The van der Waals surface area contributed by atoms with Crippen LogP contribution in [0.1, 0.15) is 28.5 Å². The number of anilines is 1. The Kier molecular flexibility index (Phi) is 4.46. The topological polar surface area (TPSA) is 102 Å². The van der Waals surface area contributed by atoms with Gasteiger partial charge in [-0.2, -0.15) is 0 Å². The molecular weight excluding hydrogens is 358 g/mol. The summed E-state index contributed by atoms with van der Waals surface area (Å²) in [6, 6.07) is 10.4. The predicted octanol–water partition coefficient (Wildman–Crippen LogP) is 1.31. The molecule has 3 aromatic rings. The van der Waals surface area contributed by atoms with Crippen LogP contribution in [0.4, 0.5) is 5.95 Å². The van der Waals surface area contributed by atoms with Gasteiger partial charge in [-0.3, -0.25) is 19.4 Å². The van der Waals surface area contributed by atoms with Crippen molar-refractivity contribution in [2.45, 2.75) is 12.3 Å². The summed E-state index contributed by atoms with van der Waals surface area (Å²) in [7, 11) is 3.62. The molecule has 0 unspecified atom stereocenters. The first kappa shape index (κ1) is 18.0. The third kappa shape index (κ3) is 3.28. The van der Waals surface area contributed by atoms with Crippen LogP contribution < -0.4 is 16.0 Å². The molecule has 4 rings (SSSR count). The number of nitrogens with zero attached hydrogens (tertiary/aromatic N) is 3. The minimum absolute atomic E-state index is 0.0165. The summed E-state index contributed by atoms with van der Waals surface area (Å²) in [6.45, 7) is 1.00. The van der Waals surface area contributed by atoms with Gasteiger partial charge in [0.15, 0.2) is 0 Å². The van der Waals surface area contributed by atoms with E-state index in [1.807, 2.05) is 26.2 Å². The van der Waals surface area contributed by atoms with Gasteiger partial charge in [-0.1, -0.05) is 18.2 Å². The fourth-order valence-corrected chi connectivity index (χ4v) is 3.57. The van der Waals surface area contributed by atoms with Gasteiger partial charge < -0.3 is 14.8 Å². The summed E-state index contributed by atoms with van der Waals surface area (Å²) >= 11 is 0. The van der Waals surface area contributed by atoms with E-state index in [2.05, 4.69) is 15.0 Å². The Morgan fingerprint density at radius 3 is 2.75 bits per heavy atom. The molecule has 1 saturated heterocycles. The lowest BCUT2D eigenvalue weighted by Gasteiger charge is -2.17. The number of nitrogens with one attached hydrogen (secondary N) is 2. The number of carbonyl (C=O) groups excluding carboxylic acids is 1. The fourth-order valence-electron chi connectivity index (χ4n) is 3.57. The lowest BCUT2D eigenvalue weighted by molar-refractivity contribution is 0.0785. The van der Waals surface area contributed by atoms with E-state index in [9.17, 15) is 14.4 Å². The number of aromatic amines is 2. The molecule has 2 N–H and O–H groups in total. The lowest BCUT2D eigenvalue weighted by atomic mass is 10.1. The van der Waals surface area contributed by atoms with Crippen LogP contribution in [0.3, 0.4) is 0 Å². The fraction of sp³-hybridized carbons (Fsp3) is 0.300. The quantitative estimate of drug-likeness (QED) is 0.714. The van der Waals surface area contributed by atoms with Crippen molar-refractivity contribution in [2.24, 2.45) is 0 Å². The first-order valence-electron chi connectivity index (χ1n) is 9.12. The van der Waals surface area contributed by atoms with Gasteiger partial charge >= 0.3 is 0 Å². The highest BCUT2D eigenvalue weighted by Gasteiger charge is 2.30. The molecule has 0 radical (unpaired) electrons. The third-order valence-corrected chi connectivity index (χ3v) is 5.05. The van der Waals surface area contributed by atoms with Crippen LogP contribution in [0.5, 0.6) is 0 Å². The van der Waals surface area contributed by atoms with Crippen LogP contribution >= 0.6 is 0 Å². The number of hydrogen-bond donors (Lipinski definition) is 2. The molecule has 1 aromatic carbocycles. The molecule has 0 aliphatic carbocycles. The minimum atomic E-state index is -0.274. The monoisotopic (exact) mass is 379 g/mol. The number of carbonyl (C=O) groups is 1. The van der Waals surface area contributed by atoms with Crippen LogP contribution in [-0.2, 0) is 0 Å². The number of benzene rings is 1. The molecule has 144 valence electrons. The highest BCUT2D eigenvalue weighted by atomic mass is 16.2. The van der Waals surface area contributed by atoms with E-state index in [0.717, 1.165) is 5.39 Å². The van der Waals surface area contributed by atoms with E-state index in [4.69, 9.17) is 0 Å². The average molecular weight is 379 g/mol. The molecule has 1 atom stereocenters. The first-order chi connectivity index (χ1) is 13.4. The van der Waals surface area contributed by atoms with Gasteiger partial charge in [-0.05, 0) is 23.9 Å².